The van der Waals surface area contributed by atoms with Gasteiger partial charge in [0.15, 0.2) is 0 Å². The van der Waals surface area contributed by atoms with Crippen LogP contribution in [-0.4, -0.2) is 61.9 Å². The Balaban J connectivity index is 1.87. The molecule has 1 saturated heterocycles. The Morgan fingerprint density at radius 1 is 1.11 bits per heavy atom. The van der Waals surface area contributed by atoms with Crippen LogP contribution in [0.2, 0.25) is 0 Å². The summed E-state index contributed by atoms with van der Waals surface area (Å²) in [5.41, 5.74) is 0.438. The summed E-state index contributed by atoms with van der Waals surface area (Å²) >= 11 is 3.67. The molecule has 0 aromatic heterocycles. The minimum Gasteiger partial charge on any atom is -0.300 e. The molecule has 0 spiro atoms. The molecule has 0 N–H and O–H groups in total. The van der Waals surface area contributed by atoms with Crippen LogP contribution in [0, 0.1) is 5.41 Å². The number of hydrogen-bond donors (Lipinski definition) is 0. The van der Waals surface area contributed by atoms with Crippen molar-refractivity contribution in [3.8, 4) is 0 Å². The SMILES string of the molecule is CS(=O)(=O)N1CCN(CC2(CBr)CCCC2)CC1. The van der Waals surface area contributed by atoms with Crippen molar-refractivity contribution in [1.29, 1.82) is 0 Å². The second kappa shape index (κ2) is 5.77. The van der Waals surface area contributed by atoms with E-state index < -0.39 is 10.0 Å². The maximum atomic E-state index is 11.5. The van der Waals surface area contributed by atoms with Gasteiger partial charge in [0.2, 0.25) is 10.0 Å². The number of alkyl halides is 1. The van der Waals surface area contributed by atoms with E-state index in [-0.39, 0.29) is 0 Å². The van der Waals surface area contributed by atoms with Crippen LogP contribution in [0.5, 0.6) is 0 Å². The summed E-state index contributed by atoms with van der Waals surface area (Å²) in [7, 11) is -3.00. The zero-order valence-electron chi connectivity index (χ0n) is 11.1. The van der Waals surface area contributed by atoms with Gasteiger partial charge >= 0.3 is 0 Å². The molecule has 0 radical (unpaired) electrons. The number of halogens is 1. The first-order valence-electron chi connectivity index (χ1n) is 6.69. The van der Waals surface area contributed by atoms with Gasteiger partial charge in [0.25, 0.3) is 0 Å². The maximum absolute atomic E-state index is 11.5. The Kier molecular flexibility index (Phi) is 4.73. The molecule has 0 aromatic rings. The fourth-order valence-electron chi connectivity index (χ4n) is 3.15. The summed E-state index contributed by atoms with van der Waals surface area (Å²) < 4.78 is 24.5. The Hall–Kier alpha value is 0.350. The standard InChI is InChI=1S/C12H23BrN2O2S/c1-18(16,17)15-8-6-14(7-9-15)11-12(10-13)4-2-3-5-12/h2-11H2,1H3. The monoisotopic (exact) mass is 338 g/mol. The third kappa shape index (κ3) is 3.46. The van der Waals surface area contributed by atoms with E-state index in [2.05, 4.69) is 20.8 Å². The van der Waals surface area contributed by atoms with Crippen molar-refractivity contribution in [2.75, 3.05) is 44.3 Å². The zero-order valence-corrected chi connectivity index (χ0v) is 13.5. The molecule has 1 aliphatic heterocycles. The summed E-state index contributed by atoms with van der Waals surface area (Å²) in [5.74, 6) is 0. The molecule has 1 heterocycles. The largest absolute Gasteiger partial charge is 0.300 e. The average molecular weight is 339 g/mol. The lowest BCUT2D eigenvalue weighted by molar-refractivity contribution is 0.129. The van der Waals surface area contributed by atoms with Gasteiger partial charge in [-0.25, -0.2) is 8.42 Å². The van der Waals surface area contributed by atoms with Gasteiger partial charge in [-0.3, -0.25) is 0 Å². The lowest BCUT2D eigenvalue weighted by Gasteiger charge is -2.38. The van der Waals surface area contributed by atoms with Crippen LogP contribution in [0.1, 0.15) is 25.7 Å². The molecule has 18 heavy (non-hydrogen) atoms. The van der Waals surface area contributed by atoms with Crippen molar-refractivity contribution < 1.29 is 8.42 Å². The highest BCUT2D eigenvalue weighted by Gasteiger charge is 2.35. The van der Waals surface area contributed by atoms with Crippen LogP contribution in [0.25, 0.3) is 0 Å². The molecule has 1 aliphatic carbocycles. The van der Waals surface area contributed by atoms with E-state index >= 15 is 0 Å². The number of hydrogen-bond acceptors (Lipinski definition) is 3. The first kappa shape index (κ1) is 14.8. The van der Waals surface area contributed by atoms with E-state index in [0.29, 0.717) is 18.5 Å². The molecule has 2 aliphatic rings. The topological polar surface area (TPSA) is 40.6 Å². The minimum absolute atomic E-state index is 0.438. The first-order valence-corrected chi connectivity index (χ1v) is 9.66. The molecule has 2 rings (SSSR count). The summed E-state index contributed by atoms with van der Waals surface area (Å²) in [6, 6.07) is 0. The van der Waals surface area contributed by atoms with Crippen LogP contribution in [-0.2, 0) is 10.0 Å². The molecule has 4 nitrogen and oxygen atoms in total. The van der Waals surface area contributed by atoms with E-state index in [1.54, 1.807) is 4.31 Å². The highest BCUT2D eigenvalue weighted by molar-refractivity contribution is 9.09. The normalized spacial score (nSPS) is 26.6. The first-order chi connectivity index (χ1) is 8.45. The van der Waals surface area contributed by atoms with E-state index in [4.69, 9.17) is 0 Å². The Morgan fingerprint density at radius 2 is 1.67 bits per heavy atom. The molecule has 0 unspecified atom stereocenters. The summed E-state index contributed by atoms with van der Waals surface area (Å²) in [6.07, 6.45) is 6.61. The molecule has 0 atom stereocenters. The quantitative estimate of drug-likeness (QED) is 0.729. The van der Waals surface area contributed by atoms with E-state index in [0.717, 1.165) is 25.0 Å². The second-order valence-electron chi connectivity index (χ2n) is 5.78. The summed E-state index contributed by atoms with van der Waals surface area (Å²) in [5, 5.41) is 1.08. The summed E-state index contributed by atoms with van der Waals surface area (Å²) in [6.45, 7) is 4.17. The number of rotatable bonds is 4. The van der Waals surface area contributed by atoms with Crippen molar-refractivity contribution >= 4 is 26.0 Å². The lowest BCUT2D eigenvalue weighted by Crippen LogP contribution is -2.51. The van der Waals surface area contributed by atoms with Gasteiger partial charge in [0.05, 0.1) is 6.26 Å². The van der Waals surface area contributed by atoms with Gasteiger partial charge in [-0.2, -0.15) is 4.31 Å². The number of sulfonamides is 1. The van der Waals surface area contributed by atoms with Gasteiger partial charge in [0, 0.05) is 38.1 Å². The Morgan fingerprint density at radius 3 is 2.11 bits per heavy atom. The second-order valence-corrected chi connectivity index (χ2v) is 8.32. The van der Waals surface area contributed by atoms with Crippen molar-refractivity contribution in [1.82, 2.24) is 9.21 Å². The van der Waals surface area contributed by atoms with Crippen molar-refractivity contribution in [3.05, 3.63) is 0 Å². The van der Waals surface area contributed by atoms with Crippen LogP contribution in [0.15, 0.2) is 0 Å². The van der Waals surface area contributed by atoms with Crippen molar-refractivity contribution in [2.24, 2.45) is 5.41 Å². The fraction of sp³-hybridized carbons (Fsp3) is 1.00. The molecule has 0 aromatic carbocycles. The lowest BCUT2D eigenvalue weighted by atomic mass is 9.88. The molecular formula is C12H23BrN2O2S. The van der Waals surface area contributed by atoms with E-state index in [1.807, 2.05) is 0 Å². The van der Waals surface area contributed by atoms with E-state index in [9.17, 15) is 8.42 Å². The van der Waals surface area contributed by atoms with Crippen LogP contribution in [0.3, 0.4) is 0 Å². The highest BCUT2D eigenvalue weighted by atomic mass is 79.9. The Labute approximate surface area is 119 Å². The third-order valence-electron chi connectivity index (χ3n) is 4.31. The minimum atomic E-state index is -3.00. The molecule has 0 amide bonds. The van der Waals surface area contributed by atoms with Crippen molar-refractivity contribution in [3.63, 3.8) is 0 Å². The molecule has 106 valence electrons. The molecule has 0 bridgehead atoms. The van der Waals surface area contributed by atoms with Crippen molar-refractivity contribution in [2.45, 2.75) is 25.7 Å². The molecular weight excluding hydrogens is 316 g/mol. The molecule has 1 saturated carbocycles. The summed E-state index contributed by atoms with van der Waals surface area (Å²) in [4.78, 5) is 2.44. The smallest absolute Gasteiger partial charge is 0.211 e. The maximum Gasteiger partial charge on any atom is 0.211 e. The predicted molar refractivity (Wildman–Crippen MR) is 77.6 cm³/mol. The van der Waals surface area contributed by atoms with Gasteiger partial charge < -0.3 is 4.90 Å². The molecule has 2 fully saturated rings. The number of nitrogens with zero attached hydrogens (tertiary/aromatic N) is 2. The molecule has 6 heteroatoms. The number of piperazine rings is 1. The van der Waals surface area contributed by atoms with Gasteiger partial charge in [-0.05, 0) is 18.3 Å². The van der Waals surface area contributed by atoms with Crippen LogP contribution >= 0.6 is 15.9 Å². The van der Waals surface area contributed by atoms with Crippen LogP contribution in [0.4, 0.5) is 0 Å². The highest BCUT2D eigenvalue weighted by Crippen LogP contribution is 2.40. The van der Waals surface area contributed by atoms with Gasteiger partial charge in [-0.1, -0.05) is 28.8 Å². The van der Waals surface area contributed by atoms with Gasteiger partial charge in [-0.15, -0.1) is 0 Å². The van der Waals surface area contributed by atoms with Gasteiger partial charge in [0.1, 0.15) is 0 Å². The average Bonchev–Trinajstić information content (AvgIpc) is 2.78. The zero-order chi connectivity index (χ0) is 13.2. The Bertz CT molecular complexity index is 372. The van der Waals surface area contributed by atoms with Crippen LogP contribution < -0.4 is 0 Å². The van der Waals surface area contributed by atoms with E-state index in [1.165, 1.54) is 31.9 Å². The fourth-order valence-corrected chi connectivity index (χ4v) is 4.72. The third-order valence-corrected chi connectivity index (χ3v) is 6.80. The predicted octanol–water partition coefficient (Wildman–Crippen LogP) is 1.52.